The molecule has 1 aliphatic rings. The van der Waals surface area contributed by atoms with Crippen LogP contribution in [0.4, 0.5) is 0 Å². The van der Waals surface area contributed by atoms with E-state index in [1.54, 1.807) is 11.8 Å². The van der Waals surface area contributed by atoms with Crippen molar-refractivity contribution in [3.8, 4) is 11.4 Å². The summed E-state index contributed by atoms with van der Waals surface area (Å²) in [5, 5.41) is 11.9. The highest BCUT2D eigenvalue weighted by Crippen LogP contribution is 2.29. The fraction of sp³-hybridized carbons (Fsp3) is 0.333. The van der Waals surface area contributed by atoms with Crippen LogP contribution < -0.4 is 5.32 Å². The maximum absolute atomic E-state index is 4.34. The van der Waals surface area contributed by atoms with Gasteiger partial charge in [0.05, 0.1) is 6.54 Å². The molecule has 0 amide bonds. The fourth-order valence-corrected chi connectivity index (χ4v) is 2.71. The number of hydrogen-bond acceptors (Lipinski definition) is 4. The lowest BCUT2D eigenvalue weighted by Gasteiger charge is -2.16. The van der Waals surface area contributed by atoms with E-state index in [0.29, 0.717) is 0 Å². The Morgan fingerprint density at radius 3 is 3.06 bits per heavy atom. The molecule has 0 aliphatic carbocycles. The van der Waals surface area contributed by atoms with Crippen LogP contribution in [0.25, 0.3) is 11.4 Å². The van der Waals surface area contributed by atoms with Crippen LogP contribution in [0, 0.1) is 0 Å². The van der Waals surface area contributed by atoms with Crippen molar-refractivity contribution in [3.63, 3.8) is 0 Å². The number of nitrogens with zero attached hydrogens (tertiary/aromatic N) is 3. The van der Waals surface area contributed by atoms with Gasteiger partial charge < -0.3 is 9.88 Å². The van der Waals surface area contributed by atoms with Gasteiger partial charge in [0.25, 0.3) is 0 Å². The Balaban J connectivity index is 2.12. The van der Waals surface area contributed by atoms with E-state index >= 15 is 0 Å². The number of rotatable bonds is 2. The summed E-state index contributed by atoms with van der Waals surface area (Å²) >= 11 is 1.75. The second kappa shape index (κ2) is 4.50. The molecular formula is C12H14N4S. The average Bonchev–Trinajstić information content (AvgIpc) is 2.82. The first-order valence-corrected chi connectivity index (χ1v) is 6.89. The van der Waals surface area contributed by atoms with Crippen molar-refractivity contribution in [2.45, 2.75) is 18.0 Å². The van der Waals surface area contributed by atoms with Crippen molar-refractivity contribution in [1.29, 1.82) is 0 Å². The quantitative estimate of drug-likeness (QED) is 0.820. The molecule has 0 fully saturated rings. The van der Waals surface area contributed by atoms with Crippen molar-refractivity contribution in [1.82, 2.24) is 20.1 Å². The maximum Gasteiger partial charge on any atom is 0.165 e. The minimum Gasteiger partial charge on any atom is -0.309 e. The molecule has 1 aliphatic heterocycles. The van der Waals surface area contributed by atoms with E-state index in [4.69, 9.17) is 0 Å². The molecule has 0 bridgehead atoms. The average molecular weight is 246 g/mol. The molecule has 0 saturated heterocycles. The van der Waals surface area contributed by atoms with Gasteiger partial charge in [-0.1, -0.05) is 18.2 Å². The number of hydrogen-bond donors (Lipinski definition) is 1. The van der Waals surface area contributed by atoms with E-state index in [2.05, 4.69) is 50.6 Å². The number of benzene rings is 1. The number of fused-ring (bicyclic) bond motifs is 1. The zero-order valence-electron chi connectivity index (χ0n) is 9.68. The summed E-state index contributed by atoms with van der Waals surface area (Å²) in [5.41, 5.74) is 1.18. The molecule has 1 aromatic carbocycles. The highest BCUT2D eigenvalue weighted by Gasteiger charge is 2.17. The van der Waals surface area contributed by atoms with Crippen LogP contribution in [0.2, 0.25) is 0 Å². The highest BCUT2D eigenvalue weighted by molar-refractivity contribution is 7.98. The van der Waals surface area contributed by atoms with E-state index in [-0.39, 0.29) is 0 Å². The molecule has 0 saturated carbocycles. The Labute approximate surface area is 104 Å². The van der Waals surface area contributed by atoms with E-state index in [1.807, 2.05) is 0 Å². The molecule has 1 N–H and O–H groups in total. The van der Waals surface area contributed by atoms with Gasteiger partial charge in [0.2, 0.25) is 0 Å². The van der Waals surface area contributed by atoms with Gasteiger partial charge in [0.15, 0.2) is 5.82 Å². The monoisotopic (exact) mass is 246 g/mol. The Hall–Kier alpha value is -1.33. The van der Waals surface area contributed by atoms with E-state index in [0.717, 1.165) is 31.3 Å². The topological polar surface area (TPSA) is 42.7 Å². The van der Waals surface area contributed by atoms with Crippen molar-refractivity contribution in [2.24, 2.45) is 0 Å². The summed E-state index contributed by atoms with van der Waals surface area (Å²) in [7, 11) is 0. The Kier molecular flexibility index (Phi) is 2.86. The second-order valence-corrected chi connectivity index (χ2v) is 4.82. The Bertz CT molecular complexity index is 535. The van der Waals surface area contributed by atoms with Gasteiger partial charge in [-0.25, -0.2) is 0 Å². The third-order valence-corrected chi connectivity index (χ3v) is 3.77. The minimum absolute atomic E-state index is 0.814. The lowest BCUT2D eigenvalue weighted by Crippen LogP contribution is -2.28. The molecule has 88 valence electrons. The first-order valence-electron chi connectivity index (χ1n) is 5.66. The van der Waals surface area contributed by atoms with Crippen LogP contribution in [0.3, 0.4) is 0 Å². The fourth-order valence-electron chi connectivity index (χ4n) is 2.12. The molecule has 2 heterocycles. The summed E-state index contributed by atoms with van der Waals surface area (Å²) in [4.78, 5) is 1.25. The van der Waals surface area contributed by atoms with Crippen LogP contribution in [0.15, 0.2) is 29.2 Å². The maximum atomic E-state index is 4.34. The largest absolute Gasteiger partial charge is 0.309 e. The van der Waals surface area contributed by atoms with Gasteiger partial charge in [-0.05, 0) is 12.3 Å². The zero-order valence-corrected chi connectivity index (χ0v) is 10.5. The smallest absolute Gasteiger partial charge is 0.165 e. The summed E-state index contributed by atoms with van der Waals surface area (Å²) in [6.45, 7) is 2.74. The normalized spacial score (nSPS) is 14.6. The highest BCUT2D eigenvalue weighted by atomic mass is 32.2. The standard InChI is InChI=1S/C12H14N4S/c1-17-10-5-3-2-4-9(10)12-15-14-11-8-13-6-7-16(11)12/h2-5,13H,6-8H2,1H3. The summed E-state index contributed by atoms with van der Waals surface area (Å²) in [6, 6.07) is 8.36. The van der Waals surface area contributed by atoms with E-state index in [1.165, 1.54) is 10.5 Å². The van der Waals surface area contributed by atoms with E-state index < -0.39 is 0 Å². The molecule has 0 radical (unpaired) electrons. The van der Waals surface area contributed by atoms with Gasteiger partial charge in [-0.15, -0.1) is 22.0 Å². The Morgan fingerprint density at radius 1 is 1.29 bits per heavy atom. The Morgan fingerprint density at radius 2 is 2.18 bits per heavy atom. The number of thioether (sulfide) groups is 1. The second-order valence-electron chi connectivity index (χ2n) is 3.97. The first kappa shape index (κ1) is 10.8. The van der Waals surface area contributed by atoms with Gasteiger partial charge >= 0.3 is 0 Å². The van der Waals surface area contributed by atoms with Crippen LogP contribution >= 0.6 is 11.8 Å². The van der Waals surface area contributed by atoms with Crippen LogP contribution in [0.1, 0.15) is 5.82 Å². The summed E-state index contributed by atoms with van der Waals surface area (Å²) < 4.78 is 2.21. The minimum atomic E-state index is 0.814. The van der Waals surface area contributed by atoms with Crippen LogP contribution in [0.5, 0.6) is 0 Å². The predicted octanol–water partition coefficient (Wildman–Crippen LogP) is 1.77. The summed E-state index contributed by atoms with van der Waals surface area (Å²) in [5.74, 6) is 2.02. The molecule has 1 aromatic heterocycles. The number of nitrogens with one attached hydrogen (secondary N) is 1. The van der Waals surface area contributed by atoms with Crippen molar-refractivity contribution >= 4 is 11.8 Å². The van der Waals surface area contributed by atoms with Gasteiger partial charge in [0.1, 0.15) is 5.82 Å². The van der Waals surface area contributed by atoms with Crippen LogP contribution in [-0.2, 0) is 13.1 Å². The predicted molar refractivity (Wildman–Crippen MR) is 68.9 cm³/mol. The molecule has 3 rings (SSSR count). The SMILES string of the molecule is CSc1ccccc1-c1nnc2n1CCNC2. The molecule has 4 nitrogen and oxygen atoms in total. The van der Waals surface area contributed by atoms with E-state index in [9.17, 15) is 0 Å². The van der Waals surface area contributed by atoms with Crippen molar-refractivity contribution in [3.05, 3.63) is 30.1 Å². The molecule has 17 heavy (non-hydrogen) atoms. The third kappa shape index (κ3) is 1.85. The van der Waals surface area contributed by atoms with Crippen molar-refractivity contribution in [2.75, 3.05) is 12.8 Å². The first-order chi connectivity index (χ1) is 8.40. The molecule has 5 heteroatoms. The lowest BCUT2D eigenvalue weighted by atomic mass is 10.2. The van der Waals surface area contributed by atoms with Gasteiger partial charge in [0, 0.05) is 23.5 Å². The lowest BCUT2D eigenvalue weighted by molar-refractivity contribution is 0.508. The number of aromatic nitrogens is 3. The molecule has 0 unspecified atom stereocenters. The van der Waals surface area contributed by atoms with Crippen molar-refractivity contribution < 1.29 is 0 Å². The van der Waals surface area contributed by atoms with Crippen LogP contribution in [-0.4, -0.2) is 27.6 Å². The summed E-state index contributed by atoms with van der Waals surface area (Å²) in [6.07, 6.45) is 2.09. The molecular weight excluding hydrogens is 232 g/mol. The molecule has 2 aromatic rings. The van der Waals surface area contributed by atoms with Gasteiger partial charge in [-0.3, -0.25) is 0 Å². The molecule has 0 atom stereocenters. The molecule has 0 spiro atoms. The zero-order chi connectivity index (χ0) is 11.7. The van der Waals surface area contributed by atoms with Gasteiger partial charge in [-0.2, -0.15) is 0 Å². The third-order valence-electron chi connectivity index (χ3n) is 2.97.